The predicted molar refractivity (Wildman–Crippen MR) is 122 cm³/mol. The Kier molecular flexibility index (Phi) is 7.71. The summed E-state index contributed by atoms with van der Waals surface area (Å²) in [4.78, 5) is 0. The monoisotopic (exact) mass is 374 g/mol. The summed E-state index contributed by atoms with van der Waals surface area (Å²) in [6, 6.07) is 0. The molecule has 0 bridgehead atoms. The molecule has 0 nitrogen and oxygen atoms in total. The summed E-state index contributed by atoms with van der Waals surface area (Å²) in [6.07, 6.45) is 14.3. The summed E-state index contributed by atoms with van der Waals surface area (Å²) in [5.41, 5.74) is 2.73. The molecule has 0 amide bonds. The molecule has 0 saturated heterocycles. The highest BCUT2D eigenvalue weighted by molar-refractivity contribution is 5.20. The van der Waals surface area contributed by atoms with E-state index < -0.39 is 0 Å². The van der Waals surface area contributed by atoms with Crippen LogP contribution in [0.15, 0.2) is 11.6 Å². The van der Waals surface area contributed by atoms with Crippen LogP contribution in [0.2, 0.25) is 0 Å². The molecule has 6 atom stereocenters. The van der Waals surface area contributed by atoms with Gasteiger partial charge in [-0.3, -0.25) is 0 Å². The van der Waals surface area contributed by atoms with Crippen LogP contribution in [0.1, 0.15) is 114 Å². The molecule has 3 aliphatic rings. The summed E-state index contributed by atoms with van der Waals surface area (Å²) < 4.78 is 0. The van der Waals surface area contributed by atoms with Crippen molar-refractivity contribution in [2.75, 3.05) is 0 Å². The van der Waals surface area contributed by atoms with Gasteiger partial charge in [-0.25, -0.2) is 0 Å². The lowest BCUT2D eigenvalue weighted by Crippen LogP contribution is -2.48. The van der Waals surface area contributed by atoms with Gasteiger partial charge in [0, 0.05) is 0 Å². The van der Waals surface area contributed by atoms with Crippen molar-refractivity contribution in [3.05, 3.63) is 11.6 Å². The Hall–Kier alpha value is -0.260. The molecule has 0 heterocycles. The average Bonchev–Trinajstić information content (AvgIpc) is 2.97. The van der Waals surface area contributed by atoms with Gasteiger partial charge in [0.15, 0.2) is 0 Å². The van der Waals surface area contributed by atoms with Gasteiger partial charge in [-0.05, 0) is 85.4 Å². The van der Waals surface area contributed by atoms with Crippen molar-refractivity contribution in [3.63, 3.8) is 0 Å². The highest BCUT2D eigenvalue weighted by Gasteiger charge is 2.57. The van der Waals surface area contributed by atoms with Gasteiger partial charge in [0.05, 0.1) is 0 Å². The van der Waals surface area contributed by atoms with Crippen LogP contribution in [-0.4, -0.2) is 0 Å². The largest absolute Gasteiger partial charge is 0.0848 e. The zero-order chi connectivity index (χ0) is 20.4. The highest BCUT2D eigenvalue weighted by Crippen LogP contribution is 2.65. The first kappa shape index (κ1) is 23.0. The quantitative estimate of drug-likeness (QED) is 0.421. The van der Waals surface area contributed by atoms with E-state index in [4.69, 9.17) is 0 Å². The first-order valence-electron chi connectivity index (χ1n) is 12.3. The third-order valence-electron chi connectivity index (χ3n) is 9.28. The van der Waals surface area contributed by atoms with E-state index in [0.717, 1.165) is 35.5 Å². The summed E-state index contributed by atoms with van der Waals surface area (Å²) in [5.74, 6) is 5.68. The molecule has 158 valence electrons. The minimum Gasteiger partial charge on any atom is -0.0848 e. The van der Waals surface area contributed by atoms with Crippen LogP contribution in [0.3, 0.4) is 0 Å². The fourth-order valence-corrected chi connectivity index (χ4v) is 7.41. The van der Waals surface area contributed by atoms with Crippen LogP contribution in [-0.2, 0) is 0 Å². The van der Waals surface area contributed by atoms with Crippen LogP contribution in [0.5, 0.6) is 0 Å². The zero-order valence-electron chi connectivity index (χ0n) is 20.2. The van der Waals surface area contributed by atoms with E-state index in [0.29, 0.717) is 10.8 Å². The smallest absolute Gasteiger partial charge is 0.0116 e. The number of hydrogen-bond acceptors (Lipinski definition) is 0. The standard InChI is InChI=1S/C25H44.C2H6/c1-17(2)9-8-10-18(3)21-13-14-23-20-12-11-19(4)24(5,6)22(20)15-16-25(21,23)7;1-2/h11,17-18,20-23H,8-10,12-16H2,1-7H3;1-2H3. The predicted octanol–water partition coefficient (Wildman–Crippen LogP) is 8.91. The Labute approximate surface area is 172 Å². The molecule has 0 N–H and O–H groups in total. The van der Waals surface area contributed by atoms with Gasteiger partial charge in [0.1, 0.15) is 0 Å². The molecule has 6 unspecified atom stereocenters. The zero-order valence-corrected chi connectivity index (χ0v) is 20.2. The Balaban J connectivity index is 0.00000126. The van der Waals surface area contributed by atoms with E-state index >= 15 is 0 Å². The van der Waals surface area contributed by atoms with Gasteiger partial charge >= 0.3 is 0 Å². The van der Waals surface area contributed by atoms with Gasteiger partial charge in [-0.2, -0.15) is 0 Å². The summed E-state index contributed by atoms with van der Waals surface area (Å²) in [5, 5.41) is 0. The highest BCUT2D eigenvalue weighted by atomic mass is 14.6. The van der Waals surface area contributed by atoms with Crippen LogP contribution < -0.4 is 0 Å². The van der Waals surface area contributed by atoms with Crippen molar-refractivity contribution in [2.45, 2.75) is 114 Å². The Bertz CT molecular complexity index is 496. The summed E-state index contributed by atoms with van der Waals surface area (Å²) in [7, 11) is 0. The Morgan fingerprint density at radius 3 is 2.26 bits per heavy atom. The van der Waals surface area contributed by atoms with E-state index in [9.17, 15) is 0 Å². The fraction of sp³-hybridized carbons (Fsp3) is 0.926. The van der Waals surface area contributed by atoms with Gasteiger partial charge in [-0.1, -0.05) is 86.3 Å². The van der Waals surface area contributed by atoms with Crippen LogP contribution in [0, 0.1) is 46.3 Å². The molecule has 0 aromatic heterocycles. The molecule has 0 radical (unpaired) electrons. The molecule has 3 rings (SSSR count). The van der Waals surface area contributed by atoms with Gasteiger partial charge in [0.25, 0.3) is 0 Å². The lowest BCUT2D eigenvalue weighted by atomic mass is 9.49. The lowest BCUT2D eigenvalue weighted by Gasteiger charge is -2.56. The topological polar surface area (TPSA) is 0 Å². The maximum atomic E-state index is 2.70. The average molecular weight is 375 g/mol. The molecule has 3 aliphatic carbocycles. The number of rotatable bonds is 5. The Morgan fingerprint density at radius 1 is 0.963 bits per heavy atom. The third-order valence-corrected chi connectivity index (χ3v) is 9.28. The molecular formula is C27H50. The Morgan fingerprint density at radius 2 is 1.63 bits per heavy atom. The molecule has 2 saturated carbocycles. The molecule has 0 aromatic rings. The van der Waals surface area contributed by atoms with Crippen LogP contribution >= 0.6 is 0 Å². The van der Waals surface area contributed by atoms with Crippen molar-refractivity contribution in [2.24, 2.45) is 46.3 Å². The minimum atomic E-state index is 0.436. The molecular weight excluding hydrogens is 324 g/mol. The molecule has 0 aliphatic heterocycles. The van der Waals surface area contributed by atoms with Crippen LogP contribution in [0.4, 0.5) is 0 Å². The second kappa shape index (κ2) is 9.04. The first-order valence-corrected chi connectivity index (χ1v) is 12.3. The maximum absolute atomic E-state index is 2.70. The minimum absolute atomic E-state index is 0.436. The van der Waals surface area contributed by atoms with Crippen LogP contribution in [0.25, 0.3) is 0 Å². The summed E-state index contributed by atoms with van der Waals surface area (Å²) >= 11 is 0. The van der Waals surface area contributed by atoms with Crippen molar-refractivity contribution >= 4 is 0 Å². The molecule has 0 heteroatoms. The van der Waals surface area contributed by atoms with E-state index in [1.807, 2.05) is 13.8 Å². The maximum Gasteiger partial charge on any atom is -0.0116 e. The first-order chi connectivity index (χ1) is 12.7. The normalized spacial score (nSPS) is 38.4. The van der Waals surface area contributed by atoms with Crippen molar-refractivity contribution in [1.82, 2.24) is 0 Å². The SMILES string of the molecule is CC.CC1=CCC2C(CCC3(C)C(C(C)CCCC(C)C)CCC23)C1(C)C. The fourth-order valence-electron chi connectivity index (χ4n) is 7.41. The van der Waals surface area contributed by atoms with E-state index in [1.165, 1.54) is 51.4 Å². The van der Waals surface area contributed by atoms with Crippen molar-refractivity contribution in [3.8, 4) is 0 Å². The third kappa shape index (κ3) is 4.35. The van der Waals surface area contributed by atoms with Gasteiger partial charge in [-0.15, -0.1) is 0 Å². The summed E-state index contributed by atoms with van der Waals surface area (Å²) in [6.45, 7) is 21.5. The molecule has 2 fully saturated rings. The van der Waals surface area contributed by atoms with E-state index in [-0.39, 0.29) is 0 Å². The van der Waals surface area contributed by atoms with Gasteiger partial charge < -0.3 is 0 Å². The molecule has 27 heavy (non-hydrogen) atoms. The van der Waals surface area contributed by atoms with Gasteiger partial charge in [0.2, 0.25) is 0 Å². The van der Waals surface area contributed by atoms with E-state index in [2.05, 4.69) is 54.5 Å². The van der Waals surface area contributed by atoms with Crippen molar-refractivity contribution in [1.29, 1.82) is 0 Å². The molecule has 0 spiro atoms. The van der Waals surface area contributed by atoms with E-state index in [1.54, 1.807) is 5.57 Å². The second-order valence-electron chi connectivity index (χ2n) is 11.3. The number of allylic oxidation sites excluding steroid dienone is 2. The van der Waals surface area contributed by atoms with Crippen molar-refractivity contribution < 1.29 is 0 Å². The lowest BCUT2D eigenvalue weighted by molar-refractivity contribution is -0.0391. The molecule has 0 aromatic carbocycles. The number of fused-ring (bicyclic) bond motifs is 3. The second-order valence-corrected chi connectivity index (χ2v) is 11.3. The number of hydrogen-bond donors (Lipinski definition) is 0.